The molecule has 0 saturated carbocycles. The van der Waals surface area contributed by atoms with Crippen LogP contribution in [0.25, 0.3) is 0 Å². The van der Waals surface area contributed by atoms with Crippen LogP contribution in [-0.2, 0) is 6.42 Å². The molecule has 0 radical (unpaired) electrons. The van der Waals surface area contributed by atoms with Crippen LogP contribution in [0.4, 0.5) is 5.82 Å². The Hall–Kier alpha value is -0.480. The average molecular weight is 216 g/mol. The summed E-state index contributed by atoms with van der Waals surface area (Å²) in [6.07, 6.45) is 2.19. The van der Waals surface area contributed by atoms with Crippen molar-refractivity contribution < 1.29 is 0 Å². The number of aryl methyl sites for hydroxylation is 1. The van der Waals surface area contributed by atoms with Crippen molar-refractivity contribution in [3.8, 4) is 0 Å². The van der Waals surface area contributed by atoms with Crippen molar-refractivity contribution in [3.63, 3.8) is 0 Å². The lowest BCUT2D eigenvalue weighted by molar-refractivity contribution is 0.830. The molecule has 2 heterocycles. The summed E-state index contributed by atoms with van der Waals surface area (Å²) in [4.78, 5) is 9.51. The number of aromatic nitrogens is 2. The third kappa shape index (κ3) is 1.74. The first kappa shape index (κ1) is 9.09. The summed E-state index contributed by atoms with van der Waals surface area (Å²) in [5.41, 5.74) is 1.08. The first-order valence-corrected chi connectivity index (χ1v) is 5.54. The van der Waals surface area contributed by atoms with Gasteiger partial charge >= 0.3 is 0 Å². The molecular formula is C8H10ClN3S. The molecule has 0 saturated heterocycles. The van der Waals surface area contributed by atoms with Gasteiger partial charge in [-0.05, 0) is 30.2 Å². The quantitative estimate of drug-likeness (QED) is 0.729. The lowest BCUT2D eigenvalue weighted by Gasteiger charge is -2.16. The third-order valence-corrected chi connectivity index (χ3v) is 3.33. The number of nitrogens with zero attached hydrogens (tertiary/aromatic N) is 2. The lowest BCUT2D eigenvalue weighted by atomic mass is 10.2. The second-order valence-corrected chi connectivity index (χ2v) is 4.26. The van der Waals surface area contributed by atoms with Gasteiger partial charge in [-0.25, -0.2) is 4.98 Å². The fraction of sp³-hybridized carbons (Fsp3) is 0.500. The zero-order valence-corrected chi connectivity index (χ0v) is 8.87. The summed E-state index contributed by atoms with van der Waals surface area (Å²) in [6, 6.07) is 0. The van der Waals surface area contributed by atoms with Gasteiger partial charge in [0.15, 0.2) is 0 Å². The second-order valence-electron chi connectivity index (χ2n) is 2.82. The van der Waals surface area contributed by atoms with Crippen LogP contribution in [0.3, 0.4) is 0 Å². The number of fused-ring (bicyclic) bond motifs is 1. The number of halogens is 1. The van der Waals surface area contributed by atoms with Gasteiger partial charge in [0.25, 0.3) is 0 Å². The summed E-state index contributed by atoms with van der Waals surface area (Å²) < 4.78 is 0. The van der Waals surface area contributed by atoms with Crippen molar-refractivity contribution in [1.82, 2.24) is 9.97 Å². The predicted molar refractivity (Wildman–Crippen MR) is 55.6 cm³/mol. The molecule has 1 aliphatic rings. The van der Waals surface area contributed by atoms with Gasteiger partial charge < -0.3 is 5.32 Å². The third-order valence-electron chi connectivity index (χ3n) is 1.95. The van der Waals surface area contributed by atoms with E-state index in [1.54, 1.807) is 11.8 Å². The van der Waals surface area contributed by atoms with Gasteiger partial charge in [-0.2, -0.15) is 4.98 Å². The lowest BCUT2D eigenvalue weighted by Crippen LogP contribution is -2.07. The van der Waals surface area contributed by atoms with Crippen molar-refractivity contribution in [2.75, 3.05) is 18.1 Å². The molecule has 0 fully saturated rings. The molecular weight excluding hydrogens is 206 g/mol. The van der Waals surface area contributed by atoms with E-state index in [-0.39, 0.29) is 0 Å². The molecule has 0 aromatic carbocycles. The highest BCUT2D eigenvalue weighted by atomic mass is 35.5. The Morgan fingerprint density at radius 3 is 3.08 bits per heavy atom. The fourth-order valence-electron chi connectivity index (χ4n) is 1.37. The van der Waals surface area contributed by atoms with Crippen LogP contribution in [0.5, 0.6) is 0 Å². The molecule has 0 amide bonds. The van der Waals surface area contributed by atoms with Crippen LogP contribution in [-0.4, -0.2) is 22.8 Å². The smallest absolute Gasteiger partial charge is 0.224 e. The Morgan fingerprint density at radius 1 is 1.46 bits per heavy atom. The van der Waals surface area contributed by atoms with Crippen LogP contribution in [0.1, 0.15) is 12.1 Å². The van der Waals surface area contributed by atoms with Crippen LogP contribution in [0.2, 0.25) is 5.28 Å². The molecule has 1 aliphatic heterocycles. The number of thioether (sulfide) groups is 1. The zero-order chi connectivity index (χ0) is 9.26. The monoisotopic (exact) mass is 215 g/mol. The minimum absolute atomic E-state index is 0.339. The Morgan fingerprint density at radius 2 is 2.31 bits per heavy atom. The Labute approximate surface area is 86.3 Å². The van der Waals surface area contributed by atoms with Crippen LogP contribution < -0.4 is 5.32 Å². The van der Waals surface area contributed by atoms with E-state index in [1.165, 1.54) is 6.42 Å². The standard InChI is InChI=1S/C8H10ClN3S/c1-10-7-6-5(3-2-4-13-6)11-8(9)12-7/h2-4H2,1H3,(H,10,11,12). The zero-order valence-electron chi connectivity index (χ0n) is 7.30. The van der Waals surface area contributed by atoms with Gasteiger partial charge in [0.2, 0.25) is 5.28 Å². The molecule has 1 N–H and O–H groups in total. The normalized spacial score (nSPS) is 15.2. The van der Waals surface area contributed by atoms with E-state index in [0.29, 0.717) is 5.28 Å². The first-order valence-electron chi connectivity index (χ1n) is 4.18. The van der Waals surface area contributed by atoms with Gasteiger partial charge in [0.05, 0.1) is 10.6 Å². The number of rotatable bonds is 1. The van der Waals surface area contributed by atoms with E-state index in [9.17, 15) is 0 Å². The predicted octanol–water partition coefficient (Wildman–Crippen LogP) is 2.21. The largest absolute Gasteiger partial charge is 0.372 e. The summed E-state index contributed by atoms with van der Waals surface area (Å²) in [7, 11) is 1.86. The van der Waals surface area contributed by atoms with Crippen LogP contribution in [0, 0.1) is 0 Å². The van der Waals surface area contributed by atoms with Crippen molar-refractivity contribution in [2.24, 2.45) is 0 Å². The summed E-state index contributed by atoms with van der Waals surface area (Å²) in [5.74, 6) is 2.01. The van der Waals surface area contributed by atoms with Crippen molar-refractivity contribution >= 4 is 29.2 Å². The molecule has 0 spiro atoms. The molecule has 5 heteroatoms. The molecule has 0 atom stereocenters. The van der Waals surface area contributed by atoms with E-state index < -0.39 is 0 Å². The van der Waals surface area contributed by atoms with Gasteiger partial charge in [-0.3, -0.25) is 0 Å². The fourth-order valence-corrected chi connectivity index (χ4v) is 2.65. The summed E-state index contributed by atoms with van der Waals surface area (Å²) in [6.45, 7) is 0. The minimum Gasteiger partial charge on any atom is -0.372 e. The summed E-state index contributed by atoms with van der Waals surface area (Å²) >= 11 is 7.59. The van der Waals surface area contributed by atoms with Gasteiger partial charge in [0, 0.05) is 7.05 Å². The molecule has 0 bridgehead atoms. The second kappa shape index (κ2) is 3.72. The van der Waals surface area contributed by atoms with E-state index >= 15 is 0 Å². The maximum atomic E-state index is 5.79. The molecule has 70 valence electrons. The van der Waals surface area contributed by atoms with Crippen LogP contribution >= 0.6 is 23.4 Å². The van der Waals surface area contributed by atoms with Gasteiger partial charge in [-0.15, -0.1) is 11.8 Å². The molecule has 3 nitrogen and oxygen atoms in total. The molecule has 1 aromatic rings. The van der Waals surface area contributed by atoms with Crippen molar-refractivity contribution in [3.05, 3.63) is 11.0 Å². The topological polar surface area (TPSA) is 37.8 Å². The van der Waals surface area contributed by atoms with Crippen LogP contribution in [0.15, 0.2) is 4.90 Å². The van der Waals surface area contributed by atoms with E-state index in [0.717, 1.165) is 28.6 Å². The Kier molecular flexibility index (Phi) is 2.60. The number of anilines is 1. The van der Waals surface area contributed by atoms with E-state index in [4.69, 9.17) is 11.6 Å². The molecule has 0 unspecified atom stereocenters. The van der Waals surface area contributed by atoms with Gasteiger partial charge in [0.1, 0.15) is 5.82 Å². The molecule has 13 heavy (non-hydrogen) atoms. The molecule has 2 rings (SSSR count). The SMILES string of the molecule is CNc1nc(Cl)nc2c1SCCC2. The first-order chi connectivity index (χ1) is 6.31. The van der Waals surface area contributed by atoms with E-state index in [1.807, 2.05) is 7.05 Å². The molecule has 0 aliphatic carbocycles. The van der Waals surface area contributed by atoms with Crippen molar-refractivity contribution in [1.29, 1.82) is 0 Å². The number of hydrogen-bond acceptors (Lipinski definition) is 4. The summed E-state index contributed by atoms with van der Waals surface area (Å²) in [5, 5.41) is 3.38. The number of nitrogens with one attached hydrogen (secondary N) is 1. The minimum atomic E-state index is 0.339. The Balaban J connectivity index is 2.50. The highest BCUT2D eigenvalue weighted by Gasteiger charge is 2.16. The van der Waals surface area contributed by atoms with Gasteiger partial charge in [-0.1, -0.05) is 0 Å². The number of hydrogen-bond donors (Lipinski definition) is 1. The molecule has 1 aromatic heterocycles. The maximum absolute atomic E-state index is 5.79. The highest BCUT2D eigenvalue weighted by molar-refractivity contribution is 7.99. The average Bonchev–Trinajstić information content (AvgIpc) is 2.16. The highest BCUT2D eigenvalue weighted by Crippen LogP contribution is 2.34. The van der Waals surface area contributed by atoms with E-state index in [2.05, 4.69) is 15.3 Å². The Bertz CT molecular complexity index is 312. The maximum Gasteiger partial charge on any atom is 0.224 e. The van der Waals surface area contributed by atoms with Crippen molar-refractivity contribution in [2.45, 2.75) is 17.7 Å².